The Balaban J connectivity index is 2.04. The van der Waals surface area contributed by atoms with Crippen LogP contribution in [0.3, 0.4) is 0 Å². The van der Waals surface area contributed by atoms with Crippen molar-refractivity contribution in [2.24, 2.45) is 5.10 Å². The third kappa shape index (κ3) is 2.00. The van der Waals surface area contributed by atoms with Crippen LogP contribution in [-0.2, 0) is 0 Å². The molecule has 0 unspecified atom stereocenters. The lowest BCUT2D eigenvalue weighted by atomic mass is 10.0. The first-order valence-corrected chi connectivity index (χ1v) is 5.72. The fourth-order valence-corrected chi connectivity index (χ4v) is 1.89. The zero-order chi connectivity index (χ0) is 12.4. The topological polar surface area (TPSA) is 43.1 Å². The summed E-state index contributed by atoms with van der Waals surface area (Å²) < 4.78 is 1.60. The van der Waals surface area contributed by atoms with Crippen LogP contribution in [0, 0.1) is 0 Å². The maximum atomic E-state index is 4.40. The quantitative estimate of drug-likeness (QED) is 0.642. The van der Waals surface area contributed by atoms with Gasteiger partial charge in [-0.2, -0.15) is 5.10 Å². The Morgan fingerprint density at radius 1 is 1.00 bits per heavy atom. The average Bonchev–Trinajstić information content (AvgIpc) is 2.91. The molecule has 0 atom stereocenters. The van der Waals surface area contributed by atoms with Crippen LogP contribution in [0.5, 0.6) is 0 Å². The normalized spacial score (nSPS) is 11.9. The van der Waals surface area contributed by atoms with Crippen LogP contribution in [0.1, 0.15) is 12.5 Å². The highest BCUT2D eigenvalue weighted by Gasteiger charge is 2.00. The van der Waals surface area contributed by atoms with Crippen LogP contribution in [0.4, 0.5) is 0 Å². The van der Waals surface area contributed by atoms with Gasteiger partial charge in [0.1, 0.15) is 12.7 Å². The molecule has 0 fully saturated rings. The van der Waals surface area contributed by atoms with E-state index in [1.807, 2.05) is 19.1 Å². The molecule has 4 heteroatoms. The zero-order valence-electron chi connectivity index (χ0n) is 9.99. The number of rotatable bonds is 2. The maximum absolute atomic E-state index is 4.40. The van der Waals surface area contributed by atoms with Gasteiger partial charge in [-0.1, -0.05) is 36.4 Å². The van der Waals surface area contributed by atoms with E-state index in [9.17, 15) is 0 Å². The van der Waals surface area contributed by atoms with E-state index in [2.05, 4.69) is 45.6 Å². The molecule has 3 aromatic rings. The van der Waals surface area contributed by atoms with Gasteiger partial charge < -0.3 is 0 Å². The maximum Gasteiger partial charge on any atom is 0.141 e. The van der Waals surface area contributed by atoms with Crippen LogP contribution in [0.15, 0.2) is 60.2 Å². The van der Waals surface area contributed by atoms with Crippen molar-refractivity contribution in [3.8, 4) is 0 Å². The van der Waals surface area contributed by atoms with E-state index in [1.165, 1.54) is 10.8 Å². The van der Waals surface area contributed by atoms with Crippen molar-refractivity contribution in [1.82, 2.24) is 14.9 Å². The van der Waals surface area contributed by atoms with E-state index in [0.29, 0.717) is 0 Å². The second-order valence-corrected chi connectivity index (χ2v) is 4.09. The minimum Gasteiger partial charge on any atom is -0.207 e. The summed E-state index contributed by atoms with van der Waals surface area (Å²) in [5.41, 5.74) is 2.03. The Morgan fingerprint density at radius 2 is 1.72 bits per heavy atom. The molecule has 3 rings (SSSR count). The molecule has 2 aromatic carbocycles. The van der Waals surface area contributed by atoms with Crippen molar-refractivity contribution < 1.29 is 0 Å². The van der Waals surface area contributed by atoms with Gasteiger partial charge in [-0.05, 0) is 29.3 Å². The van der Waals surface area contributed by atoms with Crippen LogP contribution in [0.2, 0.25) is 0 Å². The molecule has 0 aliphatic heterocycles. The van der Waals surface area contributed by atoms with E-state index in [1.54, 1.807) is 17.3 Å². The Hall–Kier alpha value is -2.49. The molecule has 0 saturated heterocycles. The predicted molar refractivity (Wildman–Crippen MR) is 71.6 cm³/mol. The molecule has 0 aliphatic carbocycles. The molecular weight excluding hydrogens is 224 g/mol. The molecule has 0 N–H and O–H groups in total. The second kappa shape index (κ2) is 4.41. The minimum absolute atomic E-state index is 0.931. The summed E-state index contributed by atoms with van der Waals surface area (Å²) in [5, 5.41) is 14.3. The molecule has 1 heterocycles. The molecule has 0 radical (unpaired) electrons. The van der Waals surface area contributed by atoms with Gasteiger partial charge in [0.15, 0.2) is 0 Å². The van der Waals surface area contributed by atoms with Crippen LogP contribution >= 0.6 is 0 Å². The van der Waals surface area contributed by atoms with Gasteiger partial charge in [0.05, 0.1) is 5.71 Å². The molecule has 4 nitrogen and oxygen atoms in total. The molecule has 0 spiro atoms. The van der Waals surface area contributed by atoms with Gasteiger partial charge in [0, 0.05) is 0 Å². The zero-order valence-corrected chi connectivity index (χ0v) is 9.99. The van der Waals surface area contributed by atoms with E-state index < -0.39 is 0 Å². The standard InChI is InChI=1S/C14H12N4/c1-11(17-18-9-15-16-10-18)13-7-6-12-4-2-3-5-14(12)8-13/h2-10H,1H3/b17-11-. The lowest BCUT2D eigenvalue weighted by molar-refractivity contribution is 0.871. The van der Waals surface area contributed by atoms with E-state index in [-0.39, 0.29) is 0 Å². The Bertz CT molecular complexity index is 699. The monoisotopic (exact) mass is 236 g/mol. The first kappa shape index (κ1) is 10.7. The Labute approximate surface area is 105 Å². The summed E-state index contributed by atoms with van der Waals surface area (Å²) in [5.74, 6) is 0. The smallest absolute Gasteiger partial charge is 0.141 e. The van der Waals surface area contributed by atoms with Gasteiger partial charge in [-0.15, -0.1) is 10.2 Å². The summed E-state index contributed by atoms with van der Waals surface area (Å²) in [6.45, 7) is 1.98. The van der Waals surface area contributed by atoms with E-state index >= 15 is 0 Å². The fourth-order valence-electron chi connectivity index (χ4n) is 1.89. The molecule has 0 amide bonds. The van der Waals surface area contributed by atoms with Crippen LogP contribution in [0.25, 0.3) is 10.8 Å². The SMILES string of the molecule is C/C(=N/n1cnnc1)c1ccc2ccccc2c1. The van der Waals surface area contributed by atoms with Crippen molar-refractivity contribution in [2.45, 2.75) is 6.92 Å². The van der Waals surface area contributed by atoms with Crippen molar-refractivity contribution in [1.29, 1.82) is 0 Å². The first-order valence-electron chi connectivity index (χ1n) is 5.72. The summed E-state index contributed by atoms with van der Waals surface area (Å²) >= 11 is 0. The number of benzene rings is 2. The van der Waals surface area contributed by atoms with E-state index in [0.717, 1.165) is 11.3 Å². The molecule has 0 saturated carbocycles. The molecule has 0 bridgehead atoms. The third-order valence-corrected chi connectivity index (χ3v) is 2.84. The van der Waals surface area contributed by atoms with Crippen molar-refractivity contribution in [3.63, 3.8) is 0 Å². The van der Waals surface area contributed by atoms with Crippen LogP contribution < -0.4 is 0 Å². The molecule has 0 aliphatic rings. The summed E-state index contributed by atoms with van der Waals surface area (Å²) in [4.78, 5) is 0. The van der Waals surface area contributed by atoms with Gasteiger partial charge in [-0.25, -0.2) is 4.68 Å². The van der Waals surface area contributed by atoms with Crippen molar-refractivity contribution in [3.05, 3.63) is 60.7 Å². The molecule has 1 aromatic heterocycles. The number of hydrogen-bond acceptors (Lipinski definition) is 3. The third-order valence-electron chi connectivity index (χ3n) is 2.84. The summed E-state index contributed by atoms with van der Waals surface area (Å²) in [6.07, 6.45) is 3.15. The largest absolute Gasteiger partial charge is 0.207 e. The fraction of sp³-hybridized carbons (Fsp3) is 0.0714. The van der Waals surface area contributed by atoms with Crippen molar-refractivity contribution in [2.75, 3.05) is 0 Å². The lowest BCUT2D eigenvalue weighted by Crippen LogP contribution is -1.98. The van der Waals surface area contributed by atoms with Gasteiger partial charge in [0.2, 0.25) is 0 Å². The minimum atomic E-state index is 0.931. The number of fused-ring (bicyclic) bond motifs is 1. The molecule has 18 heavy (non-hydrogen) atoms. The van der Waals surface area contributed by atoms with Crippen LogP contribution in [-0.4, -0.2) is 20.6 Å². The summed E-state index contributed by atoms with van der Waals surface area (Å²) in [6, 6.07) is 14.6. The molecular formula is C14H12N4. The average molecular weight is 236 g/mol. The number of hydrogen-bond donors (Lipinski definition) is 0. The molecule has 88 valence electrons. The van der Waals surface area contributed by atoms with Gasteiger partial charge >= 0.3 is 0 Å². The second-order valence-electron chi connectivity index (χ2n) is 4.09. The van der Waals surface area contributed by atoms with Gasteiger partial charge in [0.25, 0.3) is 0 Å². The number of nitrogens with zero attached hydrogens (tertiary/aromatic N) is 4. The highest BCUT2D eigenvalue weighted by atomic mass is 15.4. The highest BCUT2D eigenvalue weighted by molar-refractivity contribution is 6.01. The van der Waals surface area contributed by atoms with Gasteiger partial charge in [-0.3, -0.25) is 0 Å². The Kier molecular flexibility index (Phi) is 2.61. The highest BCUT2D eigenvalue weighted by Crippen LogP contribution is 2.16. The summed E-state index contributed by atoms with van der Waals surface area (Å²) in [7, 11) is 0. The Morgan fingerprint density at radius 3 is 2.50 bits per heavy atom. The first-order chi connectivity index (χ1) is 8.83. The van der Waals surface area contributed by atoms with E-state index in [4.69, 9.17) is 0 Å². The van der Waals surface area contributed by atoms with Crippen molar-refractivity contribution >= 4 is 16.5 Å². The lowest BCUT2D eigenvalue weighted by Gasteiger charge is -2.03. The number of aromatic nitrogens is 3. The predicted octanol–water partition coefficient (Wildman–Crippen LogP) is 2.70.